The summed E-state index contributed by atoms with van der Waals surface area (Å²) in [6.07, 6.45) is 8.50. The first-order chi connectivity index (χ1) is 12.8. The molecule has 26 heavy (non-hydrogen) atoms. The molecule has 134 valence electrons. The van der Waals surface area contributed by atoms with Crippen LogP contribution in [-0.4, -0.2) is 30.8 Å². The Morgan fingerprint density at radius 2 is 2.12 bits per heavy atom. The minimum absolute atomic E-state index is 0.491. The van der Waals surface area contributed by atoms with Crippen LogP contribution in [0.1, 0.15) is 42.6 Å². The molecule has 5 rings (SSSR count). The van der Waals surface area contributed by atoms with Gasteiger partial charge in [0.15, 0.2) is 10.6 Å². The van der Waals surface area contributed by atoms with Crippen LogP contribution in [0.15, 0.2) is 42.0 Å². The maximum atomic E-state index is 5.82. The number of thiophene rings is 1. The molecule has 2 fully saturated rings. The molecule has 1 aliphatic carbocycles. The first kappa shape index (κ1) is 16.4. The van der Waals surface area contributed by atoms with E-state index in [9.17, 15) is 0 Å². The molecule has 7 heteroatoms. The van der Waals surface area contributed by atoms with Gasteiger partial charge in [-0.3, -0.25) is 14.5 Å². The third-order valence-corrected chi connectivity index (χ3v) is 6.63. The van der Waals surface area contributed by atoms with E-state index in [1.54, 1.807) is 6.20 Å². The second-order valence-corrected chi connectivity index (χ2v) is 8.42. The first-order valence-corrected chi connectivity index (χ1v) is 10.5. The average molecular weight is 384 g/mol. The van der Waals surface area contributed by atoms with Gasteiger partial charge in [-0.05, 0) is 61.5 Å². The van der Waals surface area contributed by atoms with Crippen LogP contribution in [-0.2, 0) is 6.67 Å². The van der Waals surface area contributed by atoms with E-state index in [0.29, 0.717) is 12.1 Å². The summed E-state index contributed by atoms with van der Waals surface area (Å²) in [5.74, 6) is 0.956. The molecule has 3 aromatic heterocycles. The van der Waals surface area contributed by atoms with E-state index in [0.717, 1.165) is 29.4 Å². The highest BCUT2D eigenvalue weighted by molar-refractivity contribution is 7.71. The average Bonchev–Trinajstić information content (AvgIpc) is 3.07. The van der Waals surface area contributed by atoms with Crippen molar-refractivity contribution in [2.45, 2.75) is 44.4 Å². The molecule has 1 unspecified atom stereocenters. The summed E-state index contributed by atoms with van der Waals surface area (Å²) < 4.78 is 5.09. The Bertz CT molecular complexity index is 940. The van der Waals surface area contributed by atoms with Crippen LogP contribution < -0.4 is 0 Å². The fraction of sp³-hybridized carbons (Fsp3) is 0.421. The predicted octanol–water partition coefficient (Wildman–Crippen LogP) is 4.67. The number of nitrogens with zero attached hydrogens (tertiary/aromatic N) is 5. The maximum Gasteiger partial charge on any atom is 0.199 e. The van der Waals surface area contributed by atoms with Gasteiger partial charge in [-0.25, -0.2) is 4.68 Å². The van der Waals surface area contributed by atoms with Gasteiger partial charge in [0, 0.05) is 41.5 Å². The SMILES string of the molecule is S=c1n(CN2CCCC2c2cccs2)nc(-c2cccnc2)n1C1CC1. The Morgan fingerprint density at radius 3 is 2.85 bits per heavy atom. The molecule has 0 spiro atoms. The van der Waals surface area contributed by atoms with Gasteiger partial charge in [0.2, 0.25) is 0 Å². The van der Waals surface area contributed by atoms with Gasteiger partial charge < -0.3 is 0 Å². The van der Waals surface area contributed by atoms with E-state index in [1.165, 1.54) is 30.6 Å². The molecule has 1 aliphatic heterocycles. The van der Waals surface area contributed by atoms with Crippen LogP contribution in [0, 0.1) is 4.77 Å². The Labute approximate surface area is 161 Å². The smallest absolute Gasteiger partial charge is 0.199 e. The van der Waals surface area contributed by atoms with Gasteiger partial charge >= 0.3 is 0 Å². The Balaban J connectivity index is 1.49. The van der Waals surface area contributed by atoms with Crippen molar-refractivity contribution in [1.29, 1.82) is 0 Å². The minimum Gasteiger partial charge on any atom is -0.297 e. The molecule has 0 amide bonds. The molecule has 2 aliphatic rings. The summed E-state index contributed by atoms with van der Waals surface area (Å²) in [7, 11) is 0. The Kier molecular flexibility index (Phi) is 4.23. The molecule has 0 aromatic carbocycles. The second-order valence-electron chi connectivity index (χ2n) is 7.08. The third-order valence-electron chi connectivity index (χ3n) is 5.25. The van der Waals surface area contributed by atoms with Crippen LogP contribution >= 0.6 is 23.6 Å². The Hall–Kier alpha value is -1.83. The highest BCUT2D eigenvalue weighted by Gasteiger charge is 2.31. The highest BCUT2D eigenvalue weighted by Crippen LogP contribution is 2.39. The van der Waals surface area contributed by atoms with Gasteiger partial charge in [-0.2, -0.15) is 5.10 Å². The summed E-state index contributed by atoms with van der Waals surface area (Å²) in [5.41, 5.74) is 1.04. The van der Waals surface area contributed by atoms with Gasteiger partial charge in [0.05, 0.1) is 6.67 Å². The van der Waals surface area contributed by atoms with Gasteiger partial charge in [-0.1, -0.05) is 6.07 Å². The fourth-order valence-corrected chi connectivity index (χ4v) is 5.07. The van der Waals surface area contributed by atoms with Crippen LogP contribution in [0.4, 0.5) is 0 Å². The van der Waals surface area contributed by atoms with Crippen molar-refractivity contribution < 1.29 is 0 Å². The topological polar surface area (TPSA) is 38.9 Å². The zero-order valence-electron chi connectivity index (χ0n) is 14.5. The molecule has 4 heterocycles. The summed E-state index contributed by atoms with van der Waals surface area (Å²) in [6.45, 7) is 1.86. The lowest BCUT2D eigenvalue weighted by molar-refractivity contribution is 0.192. The van der Waals surface area contributed by atoms with Crippen LogP contribution in [0.3, 0.4) is 0 Å². The molecule has 0 bridgehead atoms. The summed E-state index contributed by atoms with van der Waals surface area (Å²) in [6, 6.07) is 9.41. The molecular formula is C19H21N5S2. The standard InChI is InChI=1S/C19H21N5S2/c25-19-23(13-22-10-2-5-16(22)17-6-3-11-26-17)21-18(24(19)15-7-8-15)14-4-1-9-20-12-14/h1,3-4,6,9,11-12,15-16H,2,5,7-8,10,13H2. The molecule has 5 nitrogen and oxygen atoms in total. The van der Waals surface area contributed by atoms with E-state index in [2.05, 4.69) is 38.0 Å². The molecular weight excluding hydrogens is 362 g/mol. The van der Waals surface area contributed by atoms with Crippen molar-refractivity contribution in [3.63, 3.8) is 0 Å². The first-order valence-electron chi connectivity index (χ1n) is 9.18. The van der Waals surface area contributed by atoms with Crippen molar-refractivity contribution in [3.8, 4) is 11.4 Å². The normalized spacial score (nSPS) is 20.7. The van der Waals surface area contributed by atoms with Crippen LogP contribution in [0.5, 0.6) is 0 Å². The predicted molar refractivity (Wildman–Crippen MR) is 106 cm³/mol. The van der Waals surface area contributed by atoms with Crippen molar-refractivity contribution in [2.75, 3.05) is 6.54 Å². The number of likely N-dealkylation sites (tertiary alicyclic amines) is 1. The monoisotopic (exact) mass is 383 g/mol. The summed E-state index contributed by atoms with van der Waals surface area (Å²) in [4.78, 5) is 8.22. The lowest BCUT2D eigenvalue weighted by atomic mass is 10.2. The largest absolute Gasteiger partial charge is 0.297 e. The molecule has 0 radical (unpaired) electrons. The van der Waals surface area contributed by atoms with Gasteiger partial charge in [-0.15, -0.1) is 11.3 Å². The zero-order valence-corrected chi connectivity index (χ0v) is 16.1. The van der Waals surface area contributed by atoms with Gasteiger partial charge in [0.1, 0.15) is 0 Å². The molecule has 3 aromatic rings. The fourth-order valence-electron chi connectivity index (χ4n) is 3.84. The van der Waals surface area contributed by atoms with Crippen LogP contribution in [0.2, 0.25) is 0 Å². The molecule has 1 saturated heterocycles. The minimum atomic E-state index is 0.491. The van der Waals surface area contributed by atoms with Crippen molar-refractivity contribution >= 4 is 23.6 Å². The maximum absolute atomic E-state index is 5.82. The summed E-state index contributed by atoms with van der Waals surface area (Å²) in [5, 5.41) is 7.08. The lowest BCUT2D eigenvalue weighted by Gasteiger charge is -2.23. The number of aromatic nitrogens is 4. The van der Waals surface area contributed by atoms with Crippen LogP contribution in [0.25, 0.3) is 11.4 Å². The van der Waals surface area contributed by atoms with Crippen molar-refractivity contribution in [2.24, 2.45) is 0 Å². The second kappa shape index (κ2) is 6.72. The molecule has 1 atom stereocenters. The van der Waals surface area contributed by atoms with E-state index >= 15 is 0 Å². The number of hydrogen-bond acceptors (Lipinski definition) is 5. The van der Waals surface area contributed by atoms with E-state index < -0.39 is 0 Å². The van der Waals surface area contributed by atoms with Crippen molar-refractivity contribution in [1.82, 2.24) is 24.2 Å². The van der Waals surface area contributed by atoms with E-state index in [-0.39, 0.29) is 0 Å². The number of hydrogen-bond donors (Lipinski definition) is 0. The Morgan fingerprint density at radius 1 is 1.19 bits per heavy atom. The number of rotatable bonds is 5. The summed E-state index contributed by atoms with van der Waals surface area (Å²) >= 11 is 7.67. The van der Waals surface area contributed by atoms with E-state index in [1.807, 2.05) is 28.3 Å². The zero-order chi connectivity index (χ0) is 17.5. The number of pyridine rings is 1. The third kappa shape index (κ3) is 2.94. The van der Waals surface area contributed by atoms with Gasteiger partial charge in [0.25, 0.3) is 0 Å². The lowest BCUT2D eigenvalue weighted by Crippen LogP contribution is -2.26. The van der Waals surface area contributed by atoms with Crippen molar-refractivity contribution in [3.05, 3.63) is 51.7 Å². The highest BCUT2D eigenvalue weighted by atomic mass is 32.1. The molecule has 0 N–H and O–H groups in total. The molecule has 1 saturated carbocycles. The quantitative estimate of drug-likeness (QED) is 0.600. The van der Waals surface area contributed by atoms with E-state index in [4.69, 9.17) is 17.3 Å².